The van der Waals surface area contributed by atoms with E-state index < -0.39 is 0 Å². The lowest BCUT2D eigenvalue weighted by molar-refractivity contribution is 0.560. The SMILES string of the molecule is S=CNC(c1ccoc1)c1cccc(Br)c1. The second kappa shape index (κ2) is 5.27. The van der Waals surface area contributed by atoms with Crippen LogP contribution in [-0.2, 0) is 0 Å². The van der Waals surface area contributed by atoms with Crippen molar-refractivity contribution in [3.63, 3.8) is 0 Å². The third-order valence-corrected chi connectivity index (χ3v) is 2.92. The van der Waals surface area contributed by atoms with E-state index in [4.69, 9.17) is 16.6 Å². The zero-order valence-corrected chi connectivity index (χ0v) is 10.8. The summed E-state index contributed by atoms with van der Waals surface area (Å²) in [6.45, 7) is 0. The lowest BCUT2D eigenvalue weighted by Gasteiger charge is -2.15. The minimum absolute atomic E-state index is 0.0359. The van der Waals surface area contributed by atoms with Crippen molar-refractivity contribution in [2.45, 2.75) is 6.04 Å². The van der Waals surface area contributed by atoms with Crippen LogP contribution in [0, 0.1) is 0 Å². The normalized spacial score (nSPS) is 12.1. The molecule has 0 saturated carbocycles. The fraction of sp³-hybridized carbons (Fsp3) is 0.0833. The van der Waals surface area contributed by atoms with Gasteiger partial charge in [-0.1, -0.05) is 40.3 Å². The van der Waals surface area contributed by atoms with Crippen molar-refractivity contribution < 1.29 is 4.42 Å². The molecule has 0 radical (unpaired) electrons. The fourth-order valence-corrected chi connectivity index (χ4v) is 2.13. The Labute approximate surface area is 108 Å². The number of nitrogens with one attached hydrogen (secondary N) is 1. The van der Waals surface area contributed by atoms with Crippen LogP contribution in [0.3, 0.4) is 0 Å². The maximum Gasteiger partial charge on any atom is 0.0958 e. The van der Waals surface area contributed by atoms with Crippen LogP contribution < -0.4 is 5.32 Å². The number of hydrogen-bond acceptors (Lipinski definition) is 2. The van der Waals surface area contributed by atoms with Crippen molar-refractivity contribution in [3.8, 4) is 0 Å². The largest absolute Gasteiger partial charge is 0.472 e. The van der Waals surface area contributed by atoms with Gasteiger partial charge in [0.25, 0.3) is 0 Å². The zero-order chi connectivity index (χ0) is 11.4. The molecule has 0 saturated heterocycles. The van der Waals surface area contributed by atoms with E-state index in [1.165, 1.54) is 5.49 Å². The molecule has 0 amide bonds. The van der Waals surface area contributed by atoms with Crippen LogP contribution in [-0.4, -0.2) is 5.49 Å². The monoisotopic (exact) mass is 295 g/mol. The number of thiocarbonyl (C=S) groups is 1. The molecule has 0 bridgehead atoms. The summed E-state index contributed by atoms with van der Waals surface area (Å²) < 4.78 is 6.14. The van der Waals surface area contributed by atoms with Gasteiger partial charge in [0.15, 0.2) is 0 Å². The first kappa shape index (κ1) is 11.4. The maximum absolute atomic E-state index is 5.09. The van der Waals surface area contributed by atoms with Gasteiger partial charge < -0.3 is 9.73 Å². The van der Waals surface area contributed by atoms with Crippen LogP contribution in [0.1, 0.15) is 17.2 Å². The van der Waals surface area contributed by atoms with Crippen LogP contribution in [0.2, 0.25) is 0 Å². The maximum atomic E-state index is 5.09. The number of hydrogen-bond donors (Lipinski definition) is 1. The Balaban J connectivity index is 2.36. The first-order valence-electron chi connectivity index (χ1n) is 4.78. The number of halogens is 1. The smallest absolute Gasteiger partial charge is 0.0958 e. The lowest BCUT2D eigenvalue weighted by atomic mass is 10.0. The minimum atomic E-state index is 0.0359. The topological polar surface area (TPSA) is 25.2 Å². The third-order valence-electron chi connectivity index (χ3n) is 2.29. The predicted octanol–water partition coefficient (Wildman–Crippen LogP) is 3.68. The van der Waals surface area contributed by atoms with E-state index in [0.29, 0.717) is 0 Å². The summed E-state index contributed by atoms with van der Waals surface area (Å²) in [6.07, 6.45) is 3.38. The molecule has 2 rings (SSSR count). The molecule has 82 valence electrons. The van der Waals surface area contributed by atoms with E-state index >= 15 is 0 Å². The summed E-state index contributed by atoms with van der Waals surface area (Å²) in [5, 5.41) is 3.14. The number of rotatable bonds is 4. The fourth-order valence-electron chi connectivity index (χ4n) is 1.58. The summed E-state index contributed by atoms with van der Waals surface area (Å²) in [5.41, 5.74) is 3.72. The van der Waals surface area contributed by atoms with Gasteiger partial charge in [-0.15, -0.1) is 0 Å². The summed E-state index contributed by atoms with van der Waals surface area (Å²) in [7, 11) is 0. The summed E-state index contributed by atoms with van der Waals surface area (Å²) in [6, 6.07) is 10.1. The molecular weight excluding hydrogens is 286 g/mol. The Morgan fingerprint density at radius 3 is 2.81 bits per heavy atom. The summed E-state index contributed by atoms with van der Waals surface area (Å²) in [5.74, 6) is 0. The van der Waals surface area contributed by atoms with Gasteiger partial charge in [0.2, 0.25) is 0 Å². The van der Waals surface area contributed by atoms with Gasteiger partial charge in [-0.3, -0.25) is 0 Å². The van der Waals surface area contributed by atoms with Crippen molar-refractivity contribution in [2.24, 2.45) is 0 Å². The summed E-state index contributed by atoms with van der Waals surface area (Å²) >= 11 is 8.31. The highest BCUT2D eigenvalue weighted by Gasteiger charge is 2.13. The van der Waals surface area contributed by atoms with E-state index in [0.717, 1.165) is 15.6 Å². The number of furan rings is 1. The van der Waals surface area contributed by atoms with Crippen LogP contribution in [0.4, 0.5) is 0 Å². The van der Waals surface area contributed by atoms with Gasteiger partial charge in [0.05, 0.1) is 24.1 Å². The molecule has 1 N–H and O–H groups in total. The van der Waals surface area contributed by atoms with Crippen LogP contribution in [0.15, 0.2) is 51.7 Å². The quantitative estimate of drug-likeness (QED) is 0.871. The van der Waals surface area contributed by atoms with Crippen molar-refractivity contribution >= 4 is 33.6 Å². The van der Waals surface area contributed by atoms with E-state index in [9.17, 15) is 0 Å². The highest BCUT2D eigenvalue weighted by molar-refractivity contribution is 9.10. The van der Waals surface area contributed by atoms with Crippen molar-refractivity contribution in [1.82, 2.24) is 5.32 Å². The van der Waals surface area contributed by atoms with Crippen LogP contribution in [0.5, 0.6) is 0 Å². The Bertz CT molecular complexity index is 470. The van der Waals surface area contributed by atoms with Crippen molar-refractivity contribution in [2.75, 3.05) is 0 Å². The standard InChI is InChI=1S/C12H10BrNOS/c13-11-3-1-2-9(6-11)12(14-8-16)10-4-5-15-7-10/h1-8,12H,(H,14,16). The molecule has 1 aromatic carbocycles. The Morgan fingerprint density at radius 1 is 1.31 bits per heavy atom. The number of benzene rings is 1. The molecule has 1 unspecified atom stereocenters. The molecule has 1 heterocycles. The van der Waals surface area contributed by atoms with Gasteiger partial charge in [-0.05, 0) is 23.8 Å². The first-order chi connectivity index (χ1) is 7.81. The van der Waals surface area contributed by atoms with Crippen LogP contribution in [0.25, 0.3) is 0 Å². The predicted molar refractivity (Wildman–Crippen MR) is 71.5 cm³/mol. The molecule has 0 aliphatic rings. The molecule has 1 aromatic heterocycles. The van der Waals surface area contributed by atoms with Gasteiger partial charge in [-0.2, -0.15) is 0 Å². The molecule has 0 aliphatic carbocycles. The average molecular weight is 296 g/mol. The second-order valence-corrected chi connectivity index (χ2v) is 4.48. The molecule has 0 spiro atoms. The Kier molecular flexibility index (Phi) is 3.74. The Hall–Kier alpha value is -1.13. The van der Waals surface area contributed by atoms with Crippen LogP contribution >= 0.6 is 28.1 Å². The Morgan fingerprint density at radius 2 is 2.19 bits per heavy atom. The molecule has 1 atom stereocenters. The van der Waals surface area contributed by atoms with Gasteiger partial charge in [0.1, 0.15) is 0 Å². The summed E-state index contributed by atoms with van der Waals surface area (Å²) in [4.78, 5) is 0. The van der Waals surface area contributed by atoms with Gasteiger partial charge >= 0.3 is 0 Å². The molecule has 0 aliphatic heterocycles. The van der Waals surface area contributed by atoms with E-state index in [1.807, 2.05) is 24.3 Å². The highest BCUT2D eigenvalue weighted by atomic mass is 79.9. The second-order valence-electron chi connectivity index (χ2n) is 3.33. The highest BCUT2D eigenvalue weighted by Crippen LogP contribution is 2.24. The van der Waals surface area contributed by atoms with Crippen molar-refractivity contribution in [3.05, 3.63) is 58.5 Å². The molecular formula is C12H10BrNOS. The third kappa shape index (κ3) is 2.51. The van der Waals surface area contributed by atoms with E-state index in [-0.39, 0.29) is 6.04 Å². The van der Waals surface area contributed by atoms with E-state index in [1.54, 1.807) is 12.5 Å². The van der Waals surface area contributed by atoms with Crippen molar-refractivity contribution in [1.29, 1.82) is 0 Å². The molecule has 2 aromatic rings. The molecule has 0 fully saturated rings. The minimum Gasteiger partial charge on any atom is -0.472 e. The zero-order valence-electron chi connectivity index (χ0n) is 8.39. The first-order valence-corrected chi connectivity index (χ1v) is 6.05. The average Bonchev–Trinajstić information content (AvgIpc) is 2.79. The lowest BCUT2D eigenvalue weighted by Crippen LogP contribution is -2.19. The van der Waals surface area contributed by atoms with Gasteiger partial charge in [-0.25, -0.2) is 0 Å². The molecule has 16 heavy (non-hydrogen) atoms. The van der Waals surface area contributed by atoms with Gasteiger partial charge in [0, 0.05) is 10.0 Å². The van der Waals surface area contributed by atoms with E-state index in [2.05, 4.69) is 27.3 Å². The molecule has 4 heteroatoms. The molecule has 2 nitrogen and oxygen atoms in total.